The molecule has 0 N–H and O–H groups in total. The molecule has 0 unspecified atom stereocenters. The van der Waals surface area contributed by atoms with Crippen LogP contribution in [0.3, 0.4) is 0 Å². The Kier molecular flexibility index (Phi) is 11.6. The van der Waals surface area contributed by atoms with Crippen LogP contribution in [-0.4, -0.2) is 37.2 Å². The Hall–Kier alpha value is -1.91. The molecule has 273 valence electrons. The van der Waals surface area contributed by atoms with Crippen LogP contribution in [-0.2, 0) is 45.4 Å². The van der Waals surface area contributed by atoms with Crippen LogP contribution in [0.25, 0.3) is 22.3 Å². The summed E-state index contributed by atoms with van der Waals surface area (Å²) in [5.74, 6) is 0. The molecule has 2 saturated heterocycles. The van der Waals surface area contributed by atoms with E-state index in [9.17, 15) is 0 Å². The normalized spacial score (nSPS) is 20.9. The molecule has 4 aliphatic rings. The Bertz CT molecular complexity index is 1790. The Balaban J connectivity index is 0.000000158. The summed E-state index contributed by atoms with van der Waals surface area (Å²) in [4.78, 5) is 0. The second-order valence-electron chi connectivity index (χ2n) is 16.7. The molecule has 9 heteroatoms. The van der Waals surface area contributed by atoms with E-state index in [0.717, 1.165) is 5.46 Å². The van der Waals surface area contributed by atoms with Crippen LogP contribution in [0.2, 0.25) is 0 Å². The standard InChI is InChI=1S/C21H25BO2.C15H14.C6H12BO2.2ClH.Pd/c1-19(2)17-10-8-7-9-15(17)16-12-11-14(13-18(16)19)22-23-20(3,4)21(5,6)24-22;1-15(2)13-9-5-3-7-11(13)12-8-4-6-10-14(12)15;1-5(2)6(3,4)9-7-8-5;;;/h7-13H,1-6H3;3-10H,1-2H3;1-4H3;2*1H;/q;;;;;+2/p-2. The Morgan fingerprint density at radius 1 is 0.471 bits per heavy atom. The first kappa shape index (κ1) is 40.3. The van der Waals surface area contributed by atoms with Crippen molar-refractivity contribution in [3.05, 3.63) is 113 Å². The molecule has 0 amide bonds. The quantitative estimate of drug-likeness (QED) is 0.179. The van der Waals surface area contributed by atoms with Crippen LogP contribution in [0.5, 0.6) is 0 Å². The minimum atomic E-state index is -0.310. The first-order valence-electron chi connectivity index (χ1n) is 17.5. The van der Waals surface area contributed by atoms with Crippen molar-refractivity contribution in [2.75, 3.05) is 0 Å². The number of benzene rings is 4. The fourth-order valence-electron chi connectivity index (χ4n) is 7.07. The molecule has 0 aromatic heterocycles. The topological polar surface area (TPSA) is 36.9 Å². The van der Waals surface area contributed by atoms with E-state index in [-0.39, 0.29) is 56.3 Å². The van der Waals surface area contributed by atoms with Gasteiger partial charge in [0.25, 0.3) is 0 Å². The maximum absolute atomic E-state index is 6.23. The SMILES string of the molecule is CC1(C)O[B]OC1(C)C.CC1(C)c2ccccc2-c2ccc(B3OC(C)(C)C(C)(C)O3)cc21.CC1(C)c2ccccc2-c2ccccc21.[Cl][Pd][Cl]. The van der Waals surface area contributed by atoms with E-state index in [4.69, 9.17) is 37.7 Å². The van der Waals surface area contributed by atoms with E-state index < -0.39 is 0 Å². The molecular formula is C42H51B2Cl2O4Pd. The summed E-state index contributed by atoms with van der Waals surface area (Å²) in [5, 5.41) is 0. The summed E-state index contributed by atoms with van der Waals surface area (Å²) in [7, 11) is 10.7. The van der Waals surface area contributed by atoms with E-state index in [2.05, 4.69) is 146 Å². The van der Waals surface area contributed by atoms with Gasteiger partial charge in [-0.25, -0.2) is 0 Å². The molecule has 1 radical (unpaired) electrons. The van der Waals surface area contributed by atoms with Gasteiger partial charge in [0.2, 0.25) is 0 Å². The minimum absolute atomic E-state index is 0.00553. The summed E-state index contributed by atoms with van der Waals surface area (Å²) in [6.45, 7) is 25.6. The van der Waals surface area contributed by atoms with Crippen LogP contribution < -0.4 is 5.46 Å². The van der Waals surface area contributed by atoms with Crippen LogP contribution in [0.1, 0.15) is 105 Å². The van der Waals surface area contributed by atoms with Crippen molar-refractivity contribution in [2.45, 2.75) is 116 Å². The van der Waals surface area contributed by atoms with Gasteiger partial charge in [0.15, 0.2) is 0 Å². The van der Waals surface area contributed by atoms with Gasteiger partial charge in [-0.3, -0.25) is 0 Å². The van der Waals surface area contributed by atoms with Crippen molar-refractivity contribution in [2.24, 2.45) is 0 Å². The van der Waals surface area contributed by atoms with Crippen molar-refractivity contribution >= 4 is 39.3 Å². The molecule has 0 spiro atoms. The van der Waals surface area contributed by atoms with Crippen molar-refractivity contribution in [3.63, 3.8) is 0 Å². The second kappa shape index (κ2) is 14.7. The average Bonchev–Trinajstić information content (AvgIpc) is 3.64. The van der Waals surface area contributed by atoms with Gasteiger partial charge in [-0.15, -0.1) is 0 Å². The van der Waals surface area contributed by atoms with Gasteiger partial charge >= 0.3 is 49.8 Å². The molecule has 0 bridgehead atoms. The molecule has 0 atom stereocenters. The van der Waals surface area contributed by atoms with Gasteiger partial charge < -0.3 is 18.6 Å². The first-order chi connectivity index (χ1) is 23.7. The molecule has 2 aliphatic heterocycles. The van der Waals surface area contributed by atoms with Gasteiger partial charge in [-0.05, 0) is 105 Å². The van der Waals surface area contributed by atoms with Crippen LogP contribution >= 0.6 is 19.1 Å². The maximum atomic E-state index is 6.23. The fourth-order valence-corrected chi connectivity index (χ4v) is 7.07. The molecule has 2 fully saturated rings. The summed E-state index contributed by atoms with van der Waals surface area (Å²) < 4.78 is 22.9. The Labute approximate surface area is 323 Å². The fraction of sp³-hybridized carbons (Fsp3) is 0.429. The predicted molar refractivity (Wildman–Crippen MR) is 212 cm³/mol. The third-order valence-electron chi connectivity index (χ3n) is 11.8. The van der Waals surface area contributed by atoms with E-state index in [1.165, 1.54) is 52.2 Å². The summed E-state index contributed by atoms with van der Waals surface area (Å²) in [6.07, 6.45) is 0. The number of hydrogen-bond donors (Lipinski definition) is 0. The van der Waals surface area contributed by atoms with Gasteiger partial charge in [-0.2, -0.15) is 0 Å². The predicted octanol–water partition coefficient (Wildman–Crippen LogP) is 10.8. The van der Waals surface area contributed by atoms with Crippen LogP contribution in [0, 0.1) is 0 Å². The molecule has 2 aliphatic carbocycles. The number of fused-ring (bicyclic) bond motifs is 6. The van der Waals surface area contributed by atoms with Crippen molar-refractivity contribution in [1.29, 1.82) is 0 Å². The molecule has 0 saturated carbocycles. The summed E-state index contributed by atoms with van der Waals surface area (Å²) >= 11 is -0.106. The molecule has 4 aromatic rings. The summed E-state index contributed by atoms with van der Waals surface area (Å²) in [6, 6.07) is 32.8. The molecule has 4 aromatic carbocycles. The third kappa shape index (κ3) is 7.58. The van der Waals surface area contributed by atoms with E-state index >= 15 is 0 Å². The number of rotatable bonds is 1. The van der Waals surface area contributed by atoms with E-state index in [0.29, 0.717) is 0 Å². The zero-order chi connectivity index (χ0) is 37.6. The molecule has 4 nitrogen and oxygen atoms in total. The molecule has 8 rings (SSSR count). The first-order valence-corrected chi connectivity index (χ1v) is 21.5. The molecule has 51 heavy (non-hydrogen) atoms. The molecular weight excluding hydrogens is 767 g/mol. The second-order valence-corrected chi connectivity index (χ2v) is 19.0. The Morgan fingerprint density at radius 2 is 0.804 bits per heavy atom. The van der Waals surface area contributed by atoms with E-state index in [1.54, 1.807) is 0 Å². The van der Waals surface area contributed by atoms with Gasteiger partial charge in [0, 0.05) is 10.8 Å². The van der Waals surface area contributed by atoms with E-state index in [1.807, 2.05) is 27.7 Å². The van der Waals surface area contributed by atoms with Gasteiger partial charge in [-0.1, -0.05) is 119 Å². The zero-order valence-corrected chi connectivity index (χ0v) is 35.1. The monoisotopic (exact) mass is 817 g/mol. The van der Waals surface area contributed by atoms with Gasteiger partial charge in [0.1, 0.15) is 0 Å². The van der Waals surface area contributed by atoms with Crippen molar-refractivity contribution in [1.82, 2.24) is 0 Å². The Morgan fingerprint density at radius 3 is 1.16 bits per heavy atom. The zero-order valence-electron chi connectivity index (χ0n) is 32.0. The summed E-state index contributed by atoms with van der Waals surface area (Å²) in [5.41, 5.74) is 11.4. The third-order valence-corrected chi connectivity index (χ3v) is 11.8. The van der Waals surface area contributed by atoms with Gasteiger partial charge in [0.05, 0.1) is 22.4 Å². The van der Waals surface area contributed by atoms with Crippen LogP contribution in [0.4, 0.5) is 0 Å². The molecule has 2 heterocycles. The average molecular weight is 819 g/mol. The van der Waals surface area contributed by atoms with Crippen molar-refractivity contribution in [3.8, 4) is 22.3 Å². The number of hydrogen-bond acceptors (Lipinski definition) is 4. The van der Waals surface area contributed by atoms with Crippen molar-refractivity contribution < 1.29 is 34.6 Å². The number of halogens is 2. The van der Waals surface area contributed by atoms with Crippen LogP contribution in [0.15, 0.2) is 91.0 Å².